The molecule has 0 bridgehead atoms. The van der Waals surface area contributed by atoms with Crippen molar-refractivity contribution in [2.75, 3.05) is 40.1 Å². The molecule has 3 unspecified atom stereocenters. The zero-order valence-corrected chi connectivity index (χ0v) is 33.3. The van der Waals surface area contributed by atoms with Gasteiger partial charge in [0.1, 0.15) is 19.0 Å². The summed E-state index contributed by atoms with van der Waals surface area (Å²) >= 11 is 0. The number of nitrogens with one attached hydrogen (secondary N) is 2. The van der Waals surface area contributed by atoms with Gasteiger partial charge in [0.2, 0.25) is 11.8 Å². The summed E-state index contributed by atoms with van der Waals surface area (Å²) in [6.45, 7) is 16.0. The molecule has 0 saturated heterocycles. The molecule has 3 atom stereocenters. The molecule has 2 amide bonds. The highest BCUT2D eigenvalue weighted by molar-refractivity contribution is 5.85. The summed E-state index contributed by atoms with van der Waals surface area (Å²) in [6.07, 6.45) is 6.05. The Labute approximate surface area is 317 Å². The lowest BCUT2D eigenvalue weighted by molar-refractivity contribution is -0.165. The van der Waals surface area contributed by atoms with Crippen LogP contribution in [-0.4, -0.2) is 81.3 Å². The van der Waals surface area contributed by atoms with Crippen LogP contribution < -0.4 is 10.6 Å². The molecule has 11 nitrogen and oxygen atoms in total. The van der Waals surface area contributed by atoms with E-state index in [0.717, 1.165) is 0 Å². The van der Waals surface area contributed by atoms with Gasteiger partial charge in [-0.2, -0.15) is 0 Å². The highest BCUT2D eigenvalue weighted by atomic mass is 16.6. The number of esters is 2. The second kappa shape index (κ2) is 25.3. The van der Waals surface area contributed by atoms with E-state index < -0.39 is 40.1 Å². The summed E-state index contributed by atoms with van der Waals surface area (Å²) in [5.74, 6) is 19.3. The Morgan fingerprint density at radius 3 is 1.91 bits per heavy atom. The minimum absolute atomic E-state index is 0.0108. The second-order valence-electron chi connectivity index (χ2n) is 14.6. The van der Waals surface area contributed by atoms with E-state index in [4.69, 9.17) is 25.4 Å². The summed E-state index contributed by atoms with van der Waals surface area (Å²) < 4.78 is 21.7. The lowest BCUT2D eigenvalue weighted by atomic mass is 9.68. The summed E-state index contributed by atoms with van der Waals surface area (Å²) in [5, 5.41) is 5.89. The van der Waals surface area contributed by atoms with E-state index in [2.05, 4.69) is 63.9 Å². The van der Waals surface area contributed by atoms with Crippen LogP contribution in [0.15, 0.2) is 0 Å². The second-order valence-corrected chi connectivity index (χ2v) is 14.6. The van der Waals surface area contributed by atoms with Crippen molar-refractivity contribution in [3.05, 3.63) is 0 Å². The molecule has 0 aliphatic rings. The molecule has 0 aliphatic carbocycles. The molecule has 0 aromatic rings. The molecule has 0 heterocycles. The van der Waals surface area contributed by atoms with Gasteiger partial charge in [-0.25, -0.2) is 0 Å². The van der Waals surface area contributed by atoms with E-state index in [9.17, 15) is 24.0 Å². The number of carbonyl (C=O) groups excluding carboxylic acids is 5. The standard InChI is InChI=1S/C42H58N2O9/c1-12-14-15-16-17-18-19-20-21-22-23-51-25-27-53-39(49)42(10,31-40(6,7)38(48)52-26-24-50-11)30-35(36(46)43-32(3)4)28-34(13-2)37(47)44-41(8,9)29-33(5)45/h1,32,34-35H,13,22-31H2,2-11H3,(H,43,46)(H,44,47). The number of hydrogen-bond donors (Lipinski definition) is 2. The monoisotopic (exact) mass is 734 g/mol. The molecule has 0 aliphatic heterocycles. The maximum atomic E-state index is 13.9. The van der Waals surface area contributed by atoms with E-state index >= 15 is 0 Å². The van der Waals surface area contributed by atoms with Gasteiger partial charge in [0.25, 0.3) is 0 Å². The van der Waals surface area contributed by atoms with Crippen LogP contribution in [0.1, 0.15) is 101 Å². The number of carbonyl (C=O) groups is 5. The van der Waals surface area contributed by atoms with Gasteiger partial charge < -0.3 is 29.6 Å². The minimum atomic E-state index is -1.36. The van der Waals surface area contributed by atoms with Crippen LogP contribution in [0.4, 0.5) is 0 Å². The summed E-state index contributed by atoms with van der Waals surface area (Å²) in [6, 6.07) is -0.208. The van der Waals surface area contributed by atoms with Gasteiger partial charge in [-0.1, -0.05) is 12.8 Å². The van der Waals surface area contributed by atoms with Crippen molar-refractivity contribution >= 4 is 29.5 Å². The van der Waals surface area contributed by atoms with E-state index in [1.165, 1.54) is 14.0 Å². The van der Waals surface area contributed by atoms with Gasteiger partial charge in [-0.15, -0.1) is 6.42 Å². The predicted molar refractivity (Wildman–Crippen MR) is 203 cm³/mol. The average molecular weight is 735 g/mol. The summed E-state index contributed by atoms with van der Waals surface area (Å²) in [7, 11) is 1.49. The van der Waals surface area contributed by atoms with Crippen LogP contribution in [0.25, 0.3) is 0 Å². The first-order chi connectivity index (χ1) is 24.8. The average Bonchev–Trinajstić information content (AvgIpc) is 3.05. The fourth-order valence-corrected chi connectivity index (χ4v) is 5.71. The molecule has 11 heteroatoms. The number of terminal acetylenes is 1. The normalized spacial score (nSPS) is 12.9. The van der Waals surface area contributed by atoms with Crippen LogP contribution in [0.3, 0.4) is 0 Å². The predicted octanol–water partition coefficient (Wildman–Crippen LogP) is 4.02. The Bertz CT molecular complexity index is 1540. The van der Waals surface area contributed by atoms with Crippen LogP contribution in [0.5, 0.6) is 0 Å². The fraction of sp³-hybridized carbons (Fsp3) is 0.643. The summed E-state index contributed by atoms with van der Waals surface area (Å²) in [4.78, 5) is 66.2. The Morgan fingerprint density at radius 1 is 0.755 bits per heavy atom. The summed E-state index contributed by atoms with van der Waals surface area (Å²) in [5.41, 5.74) is -3.30. The maximum Gasteiger partial charge on any atom is 0.311 e. The zero-order chi connectivity index (χ0) is 40.5. The molecule has 0 fully saturated rings. The minimum Gasteiger partial charge on any atom is -0.463 e. The Balaban J connectivity index is 6.12. The van der Waals surface area contributed by atoms with Crippen LogP contribution in [0.2, 0.25) is 0 Å². The Kier molecular flexibility index (Phi) is 23.0. The molecule has 53 heavy (non-hydrogen) atoms. The first kappa shape index (κ1) is 48.3. The van der Waals surface area contributed by atoms with Gasteiger partial charge in [-0.05, 0) is 128 Å². The molecule has 0 rings (SSSR count). The van der Waals surface area contributed by atoms with Crippen molar-refractivity contribution in [2.45, 2.75) is 112 Å². The van der Waals surface area contributed by atoms with Gasteiger partial charge in [0, 0.05) is 43.4 Å². The van der Waals surface area contributed by atoms with Crippen molar-refractivity contribution in [3.63, 3.8) is 0 Å². The van der Waals surface area contributed by atoms with Gasteiger partial charge in [0.15, 0.2) is 0 Å². The van der Waals surface area contributed by atoms with Gasteiger partial charge >= 0.3 is 11.9 Å². The third-order valence-corrected chi connectivity index (χ3v) is 7.85. The quantitative estimate of drug-likeness (QED) is 0.0904. The van der Waals surface area contributed by atoms with E-state index in [-0.39, 0.29) is 82.4 Å². The number of ether oxygens (including phenoxy) is 4. The Hall–Kier alpha value is -4.73. The number of ketones is 1. The molecule has 0 spiro atoms. The number of amides is 2. The van der Waals surface area contributed by atoms with E-state index in [1.807, 2.05) is 20.8 Å². The largest absolute Gasteiger partial charge is 0.463 e. The number of Topliss-reactive ketones (excluding diaryl/α,β-unsaturated/α-hetero) is 1. The molecule has 2 N–H and O–H groups in total. The van der Waals surface area contributed by atoms with Crippen LogP contribution in [0, 0.1) is 82.4 Å². The molecule has 0 aromatic heterocycles. The van der Waals surface area contributed by atoms with Gasteiger partial charge in [-0.3, -0.25) is 24.0 Å². The third kappa shape index (κ3) is 21.4. The van der Waals surface area contributed by atoms with Crippen molar-refractivity contribution in [1.82, 2.24) is 10.6 Å². The molecular formula is C42H58N2O9. The SMILES string of the molecule is C#CC#CC#CC#CC#CCCOCCOC(=O)C(C)(CC(CC(CC)C(=O)NC(C)(C)CC(C)=O)C(=O)NC(C)C)CC(C)(C)C(=O)OCCOC. The van der Waals surface area contributed by atoms with Crippen molar-refractivity contribution in [1.29, 1.82) is 0 Å². The highest BCUT2D eigenvalue weighted by Gasteiger charge is 2.47. The lowest BCUT2D eigenvalue weighted by Gasteiger charge is -2.37. The van der Waals surface area contributed by atoms with E-state index in [0.29, 0.717) is 12.8 Å². The first-order valence-electron chi connectivity index (χ1n) is 17.8. The fourth-order valence-electron chi connectivity index (χ4n) is 5.71. The first-order valence-corrected chi connectivity index (χ1v) is 17.8. The number of rotatable bonds is 23. The van der Waals surface area contributed by atoms with Crippen LogP contribution >= 0.6 is 0 Å². The number of methoxy groups -OCH3 is 1. The third-order valence-electron chi connectivity index (χ3n) is 7.85. The molecular weight excluding hydrogens is 676 g/mol. The number of hydrogen-bond acceptors (Lipinski definition) is 9. The van der Waals surface area contributed by atoms with Crippen molar-refractivity contribution < 1.29 is 42.9 Å². The smallest absolute Gasteiger partial charge is 0.311 e. The Morgan fingerprint density at radius 2 is 1.34 bits per heavy atom. The van der Waals surface area contributed by atoms with Gasteiger partial charge in [0.05, 0.1) is 30.7 Å². The van der Waals surface area contributed by atoms with Crippen molar-refractivity contribution in [2.24, 2.45) is 22.7 Å². The highest BCUT2D eigenvalue weighted by Crippen LogP contribution is 2.42. The molecule has 290 valence electrons. The molecule has 0 aromatic carbocycles. The maximum absolute atomic E-state index is 13.9. The van der Waals surface area contributed by atoms with E-state index in [1.54, 1.807) is 34.6 Å². The molecule has 0 saturated carbocycles. The zero-order valence-electron chi connectivity index (χ0n) is 33.3. The molecule has 0 radical (unpaired) electrons. The van der Waals surface area contributed by atoms with Crippen LogP contribution in [-0.2, 0) is 42.9 Å². The van der Waals surface area contributed by atoms with Crippen molar-refractivity contribution in [3.8, 4) is 59.7 Å². The topological polar surface area (TPSA) is 146 Å². The lowest BCUT2D eigenvalue weighted by Crippen LogP contribution is -2.48.